The molecule has 1 heterocycles. The van der Waals surface area contributed by atoms with Gasteiger partial charge >= 0.3 is 0 Å². The standard InChI is InChI=1S/C14H24O/c1-9-11-8-14(12(3,4)5,13(9,6)7)15-10(11)2/h10-11H,1,8H2,2-7H3/t10-,11?,14?/m0/s1/i8T/t8-,10-,11?,14?. The van der Waals surface area contributed by atoms with E-state index in [2.05, 4.69) is 48.1 Å². The van der Waals surface area contributed by atoms with Gasteiger partial charge in [0.15, 0.2) is 0 Å². The molecule has 0 amide bonds. The van der Waals surface area contributed by atoms with Gasteiger partial charge in [0.05, 0.1) is 11.7 Å². The Kier molecular flexibility index (Phi) is 1.77. The van der Waals surface area contributed by atoms with E-state index in [0.29, 0.717) is 0 Å². The van der Waals surface area contributed by atoms with Crippen molar-refractivity contribution in [3.05, 3.63) is 12.2 Å². The SMILES string of the molecule is [3H][C@H]1C2C(=C)C(C)(C)C1(C(C)(C)C)O[C@H]2C. The van der Waals surface area contributed by atoms with Crippen LogP contribution in [-0.2, 0) is 4.74 Å². The van der Waals surface area contributed by atoms with E-state index in [1.165, 1.54) is 5.57 Å². The van der Waals surface area contributed by atoms with E-state index in [4.69, 9.17) is 6.11 Å². The molecule has 2 aliphatic rings. The number of hydrogen-bond acceptors (Lipinski definition) is 1. The highest BCUT2D eigenvalue weighted by Crippen LogP contribution is 2.66. The van der Waals surface area contributed by atoms with E-state index < -0.39 is 0 Å². The molecule has 0 radical (unpaired) electrons. The molecule has 2 unspecified atom stereocenters. The summed E-state index contributed by atoms with van der Waals surface area (Å²) in [6.45, 7) is 17.3. The number of rotatable bonds is 0. The van der Waals surface area contributed by atoms with E-state index in [9.17, 15) is 0 Å². The molecule has 2 rings (SSSR count). The number of hydrogen-bond donors (Lipinski definition) is 0. The molecule has 4 atom stereocenters. The zero-order chi connectivity index (χ0) is 12.5. The first-order valence-electron chi connectivity index (χ1n) is 6.44. The van der Waals surface area contributed by atoms with Crippen LogP contribution < -0.4 is 0 Å². The van der Waals surface area contributed by atoms with E-state index in [1.54, 1.807) is 0 Å². The van der Waals surface area contributed by atoms with Crippen LogP contribution >= 0.6 is 0 Å². The van der Waals surface area contributed by atoms with Gasteiger partial charge in [0, 0.05) is 12.7 Å². The van der Waals surface area contributed by atoms with Gasteiger partial charge in [0.25, 0.3) is 0 Å². The third kappa shape index (κ3) is 1.08. The van der Waals surface area contributed by atoms with Gasteiger partial charge < -0.3 is 4.74 Å². The second-order valence-electron chi connectivity index (χ2n) is 6.65. The Bertz CT molecular complexity index is 339. The van der Waals surface area contributed by atoms with Crippen molar-refractivity contribution in [3.63, 3.8) is 0 Å². The fourth-order valence-electron chi connectivity index (χ4n) is 3.55. The van der Waals surface area contributed by atoms with Crippen molar-refractivity contribution < 1.29 is 6.11 Å². The zero-order valence-electron chi connectivity index (χ0n) is 11.8. The van der Waals surface area contributed by atoms with E-state index >= 15 is 0 Å². The Hall–Kier alpha value is -0.300. The predicted molar refractivity (Wildman–Crippen MR) is 63.8 cm³/mol. The molecule has 15 heavy (non-hydrogen) atoms. The summed E-state index contributed by atoms with van der Waals surface area (Å²) in [6, 6.07) is 0. The lowest BCUT2D eigenvalue weighted by molar-refractivity contribution is -0.169. The zero-order valence-corrected chi connectivity index (χ0v) is 10.8. The second kappa shape index (κ2) is 2.68. The van der Waals surface area contributed by atoms with Crippen LogP contribution in [-0.4, -0.2) is 11.7 Å². The third-order valence-electron chi connectivity index (χ3n) is 4.54. The van der Waals surface area contributed by atoms with Crippen LogP contribution in [0.3, 0.4) is 0 Å². The molecule has 0 aromatic heterocycles. The molecule has 0 N–H and O–H groups in total. The third-order valence-corrected chi connectivity index (χ3v) is 4.54. The van der Waals surface area contributed by atoms with Gasteiger partial charge in [-0.1, -0.05) is 46.8 Å². The number of ether oxygens (including phenoxy) is 1. The number of fused-ring (bicyclic) bond motifs is 2. The maximum absolute atomic E-state index is 8.54. The predicted octanol–water partition coefficient (Wildman–Crippen LogP) is 3.79. The van der Waals surface area contributed by atoms with Crippen LogP contribution in [0.1, 0.15) is 49.3 Å². The Labute approximate surface area is 95.3 Å². The minimum Gasteiger partial charge on any atom is -0.370 e. The molecule has 0 aromatic rings. The van der Waals surface area contributed by atoms with Gasteiger partial charge in [-0.15, -0.1) is 0 Å². The lowest BCUT2D eigenvalue weighted by Gasteiger charge is -2.52. The molecule has 1 saturated heterocycles. The highest BCUT2D eigenvalue weighted by molar-refractivity contribution is 5.32. The van der Waals surface area contributed by atoms with Crippen LogP contribution in [0, 0.1) is 16.7 Å². The first-order chi connectivity index (χ1) is 7.07. The average Bonchev–Trinajstić information content (AvgIpc) is 2.42. The second-order valence-corrected chi connectivity index (χ2v) is 6.65. The molecular formula is C14H24O. The van der Waals surface area contributed by atoms with Crippen molar-refractivity contribution in [3.8, 4) is 0 Å². The summed E-state index contributed by atoms with van der Waals surface area (Å²) in [5.41, 5.74) is 0.683. The molecular weight excluding hydrogens is 184 g/mol. The van der Waals surface area contributed by atoms with Crippen LogP contribution in [0.25, 0.3) is 0 Å². The Morgan fingerprint density at radius 3 is 2.33 bits per heavy atom. The van der Waals surface area contributed by atoms with Crippen molar-refractivity contribution in [2.24, 2.45) is 16.7 Å². The Balaban J connectivity index is 2.62. The summed E-state index contributed by atoms with van der Waals surface area (Å²) < 4.78 is 14.8. The molecule has 2 fully saturated rings. The molecule has 1 heteroatoms. The van der Waals surface area contributed by atoms with Crippen molar-refractivity contribution in [2.75, 3.05) is 0 Å². The lowest BCUT2D eigenvalue weighted by Crippen LogP contribution is -2.54. The van der Waals surface area contributed by atoms with Gasteiger partial charge in [-0.05, 0) is 18.7 Å². The molecule has 0 aromatic carbocycles. The maximum atomic E-state index is 8.54. The summed E-state index contributed by atoms with van der Waals surface area (Å²) in [4.78, 5) is 0. The normalized spacial score (nSPS) is 49.6. The molecule has 1 nitrogen and oxygen atoms in total. The summed E-state index contributed by atoms with van der Waals surface area (Å²) in [6.07, 6.45) is -0.0350. The molecule has 1 aliphatic heterocycles. The summed E-state index contributed by atoms with van der Waals surface area (Å²) in [5, 5.41) is 0. The van der Waals surface area contributed by atoms with E-state index in [1.807, 2.05) is 0 Å². The summed E-state index contributed by atoms with van der Waals surface area (Å²) >= 11 is 0. The van der Waals surface area contributed by atoms with Crippen LogP contribution in [0.15, 0.2) is 12.2 Å². The van der Waals surface area contributed by atoms with Gasteiger partial charge in [-0.2, -0.15) is 0 Å². The van der Waals surface area contributed by atoms with Gasteiger partial charge in [-0.25, -0.2) is 0 Å². The Morgan fingerprint density at radius 2 is 2.00 bits per heavy atom. The lowest BCUT2D eigenvalue weighted by atomic mass is 9.62. The van der Waals surface area contributed by atoms with Crippen molar-refractivity contribution >= 4 is 0 Å². The van der Waals surface area contributed by atoms with Crippen LogP contribution in [0.5, 0.6) is 0 Å². The highest BCUT2D eigenvalue weighted by Gasteiger charge is 2.67. The van der Waals surface area contributed by atoms with Crippen LogP contribution in [0.4, 0.5) is 0 Å². The first-order valence-corrected chi connectivity index (χ1v) is 5.86. The maximum Gasteiger partial charge on any atom is 0.0828 e. The monoisotopic (exact) mass is 210 g/mol. The summed E-state index contributed by atoms with van der Waals surface area (Å²) in [5.74, 6) is 0.203. The van der Waals surface area contributed by atoms with Crippen molar-refractivity contribution in [2.45, 2.75) is 59.6 Å². The fourth-order valence-corrected chi connectivity index (χ4v) is 3.55. The summed E-state index contributed by atoms with van der Waals surface area (Å²) in [7, 11) is 0. The minimum absolute atomic E-state index is 0.0363. The van der Waals surface area contributed by atoms with Crippen LogP contribution in [0.2, 0.25) is 0 Å². The molecule has 1 aliphatic carbocycles. The van der Waals surface area contributed by atoms with Gasteiger partial charge in [0.2, 0.25) is 0 Å². The fraction of sp³-hybridized carbons (Fsp3) is 0.857. The van der Waals surface area contributed by atoms with E-state index in [0.717, 1.165) is 0 Å². The molecule has 1 saturated carbocycles. The topological polar surface area (TPSA) is 9.23 Å². The quantitative estimate of drug-likeness (QED) is 0.553. The van der Waals surface area contributed by atoms with Crippen molar-refractivity contribution in [1.29, 1.82) is 0 Å². The first kappa shape index (κ1) is 9.89. The average molecular weight is 210 g/mol. The molecule has 2 bridgehead atoms. The molecule has 0 spiro atoms. The largest absolute Gasteiger partial charge is 0.370 e. The van der Waals surface area contributed by atoms with E-state index in [-0.39, 0.29) is 34.8 Å². The van der Waals surface area contributed by atoms with Gasteiger partial charge in [0.1, 0.15) is 0 Å². The highest BCUT2D eigenvalue weighted by atomic mass is 16.5. The van der Waals surface area contributed by atoms with Crippen molar-refractivity contribution in [1.82, 2.24) is 0 Å². The minimum atomic E-state index is -0.388. The smallest absolute Gasteiger partial charge is 0.0828 e. The molecule has 86 valence electrons. The Morgan fingerprint density at radius 1 is 1.47 bits per heavy atom. The van der Waals surface area contributed by atoms with Gasteiger partial charge in [-0.3, -0.25) is 0 Å².